The van der Waals surface area contributed by atoms with Crippen molar-refractivity contribution in [1.82, 2.24) is 20.4 Å². The van der Waals surface area contributed by atoms with E-state index in [9.17, 15) is 14.4 Å². The molecule has 0 saturated carbocycles. The maximum absolute atomic E-state index is 12.1. The number of aryl methyl sites for hydroxylation is 2. The van der Waals surface area contributed by atoms with Gasteiger partial charge in [-0.25, -0.2) is 0 Å². The molecule has 0 aliphatic rings. The third-order valence-electron chi connectivity index (χ3n) is 3.38. The molecule has 122 valence electrons. The van der Waals surface area contributed by atoms with E-state index >= 15 is 0 Å². The van der Waals surface area contributed by atoms with Crippen LogP contribution in [0.15, 0.2) is 22.8 Å². The first kappa shape index (κ1) is 16.5. The van der Waals surface area contributed by atoms with Gasteiger partial charge >= 0.3 is 0 Å². The highest BCUT2D eigenvalue weighted by Gasteiger charge is 2.23. The van der Waals surface area contributed by atoms with Gasteiger partial charge in [-0.2, -0.15) is 5.10 Å². The highest BCUT2D eigenvalue weighted by atomic mass is 16.3. The average molecular weight is 318 g/mol. The second-order valence-corrected chi connectivity index (χ2v) is 4.99. The third kappa shape index (κ3) is 3.65. The van der Waals surface area contributed by atoms with Crippen molar-refractivity contribution in [3.05, 3.63) is 41.1 Å². The number of nitrogens with zero attached hydrogens (tertiary/aromatic N) is 2. The lowest BCUT2D eigenvalue weighted by Crippen LogP contribution is -2.38. The molecule has 2 rings (SSSR count). The summed E-state index contributed by atoms with van der Waals surface area (Å²) in [5.74, 6) is -1.55. The molecule has 2 amide bonds. The highest BCUT2D eigenvalue weighted by Crippen LogP contribution is 2.12. The molecule has 0 aliphatic heterocycles. The minimum atomic E-state index is -0.726. The summed E-state index contributed by atoms with van der Waals surface area (Å²) in [6.07, 6.45) is 1.40. The van der Waals surface area contributed by atoms with Gasteiger partial charge in [0.25, 0.3) is 17.6 Å². The summed E-state index contributed by atoms with van der Waals surface area (Å²) < 4.78 is 6.49. The molecule has 2 aromatic rings. The molecule has 8 nitrogen and oxygen atoms in total. The van der Waals surface area contributed by atoms with Crippen molar-refractivity contribution in [2.45, 2.75) is 13.8 Å². The fourth-order valence-electron chi connectivity index (χ4n) is 2.14. The van der Waals surface area contributed by atoms with Gasteiger partial charge in [0.2, 0.25) is 0 Å². The van der Waals surface area contributed by atoms with Gasteiger partial charge < -0.3 is 15.1 Å². The van der Waals surface area contributed by atoms with Crippen molar-refractivity contribution in [2.75, 3.05) is 13.1 Å². The lowest BCUT2D eigenvalue weighted by Gasteiger charge is -2.06. The van der Waals surface area contributed by atoms with E-state index in [2.05, 4.69) is 15.7 Å². The van der Waals surface area contributed by atoms with Crippen LogP contribution in [0.4, 0.5) is 0 Å². The maximum atomic E-state index is 12.1. The number of furan rings is 1. The van der Waals surface area contributed by atoms with Gasteiger partial charge in [-0.3, -0.25) is 19.1 Å². The van der Waals surface area contributed by atoms with E-state index in [1.807, 2.05) is 0 Å². The van der Waals surface area contributed by atoms with Gasteiger partial charge in [0.15, 0.2) is 5.76 Å². The third-order valence-corrected chi connectivity index (χ3v) is 3.38. The van der Waals surface area contributed by atoms with Crippen molar-refractivity contribution in [3.63, 3.8) is 0 Å². The molecular weight excluding hydrogens is 300 g/mol. The Morgan fingerprint density at radius 2 is 1.91 bits per heavy atom. The molecule has 0 atom stereocenters. The monoisotopic (exact) mass is 318 g/mol. The van der Waals surface area contributed by atoms with Crippen LogP contribution >= 0.6 is 0 Å². The summed E-state index contributed by atoms with van der Waals surface area (Å²) in [6, 6.07) is 3.14. The molecule has 0 fully saturated rings. The van der Waals surface area contributed by atoms with Gasteiger partial charge in [-0.1, -0.05) is 0 Å². The second kappa shape index (κ2) is 6.91. The van der Waals surface area contributed by atoms with Gasteiger partial charge in [-0.15, -0.1) is 0 Å². The summed E-state index contributed by atoms with van der Waals surface area (Å²) in [7, 11) is 1.71. The van der Waals surface area contributed by atoms with Crippen molar-refractivity contribution in [1.29, 1.82) is 0 Å². The smallest absolute Gasteiger partial charge is 0.292 e. The lowest BCUT2D eigenvalue weighted by atomic mass is 10.1. The van der Waals surface area contributed by atoms with Gasteiger partial charge in [-0.05, 0) is 26.0 Å². The first-order valence-corrected chi connectivity index (χ1v) is 7.06. The topological polar surface area (TPSA) is 106 Å². The highest BCUT2D eigenvalue weighted by molar-refractivity contribution is 6.43. The predicted molar refractivity (Wildman–Crippen MR) is 81.1 cm³/mol. The molecular formula is C15H18N4O4. The van der Waals surface area contributed by atoms with Gasteiger partial charge in [0.1, 0.15) is 0 Å². The summed E-state index contributed by atoms with van der Waals surface area (Å²) in [4.78, 5) is 35.7. The number of nitrogens with one attached hydrogen (secondary N) is 2. The number of amides is 2. The SMILES string of the molecule is Cc1nn(C)c(C)c1C(=O)C(=O)NCCNC(=O)c1ccco1. The maximum Gasteiger partial charge on any atom is 0.292 e. The number of carbonyl (C=O) groups excluding carboxylic acids is 3. The van der Waals surface area contributed by atoms with Crippen LogP contribution in [-0.4, -0.2) is 40.5 Å². The van der Waals surface area contributed by atoms with E-state index in [0.717, 1.165) is 0 Å². The molecule has 2 N–H and O–H groups in total. The summed E-state index contributed by atoms with van der Waals surface area (Å²) >= 11 is 0. The standard InChI is InChI=1S/C15H18N4O4/c1-9-12(10(2)19(3)18-9)13(20)15(22)17-7-6-16-14(21)11-5-4-8-23-11/h4-5,8H,6-7H2,1-3H3,(H,16,21)(H,17,22). The number of hydrogen-bond acceptors (Lipinski definition) is 5. The molecule has 2 aromatic heterocycles. The van der Waals surface area contributed by atoms with E-state index in [1.54, 1.807) is 31.6 Å². The fourth-order valence-corrected chi connectivity index (χ4v) is 2.14. The van der Waals surface area contributed by atoms with Crippen molar-refractivity contribution >= 4 is 17.6 Å². The van der Waals surface area contributed by atoms with E-state index in [0.29, 0.717) is 17.0 Å². The summed E-state index contributed by atoms with van der Waals surface area (Å²) in [6.45, 7) is 3.72. The molecule has 0 radical (unpaired) electrons. The Morgan fingerprint density at radius 3 is 2.48 bits per heavy atom. The molecule has 0 aliphatic carbocycles. The number of rotatable bonds is 6. The second-order valence-electron chi connectivity index (χ2n) is 4.99. The minimum Gasteiger partial charge on any atom is -0.459 e. The number of aromatic nitrogens is 2. The molecule has 0 unspecified atom stereocenters. The van der Waals surface area contributed by atoms with Crippen LogP contribution in [0.25, 0.3) is 0 Å². The molecule has 23 heavy (non-hydrogen) atoms. The zero-order valence-electron chi connectivity index (χ0n) is 13.2. The van der Waals surface area contributed by atoms with E-state index in [1.165, 1.54) is 12.3 Å². The van der Waals surface area contributed by atoms with E-state index in [-0.39, 0.29) is 24.8 Å². The molecule has 0 aromatic carbocycles. The predicted octanol–water partition coefficient (Wildman–Crippen LogP) is 0.359. The van der Waals surface area contributed by atoms with Crippen molar-refractivity contribution in [2.24, 2.45) is 7.05 Å². The van der Waals surface area contributed by atoms with Gasteiger partial charge in [0, 0.05) is 25.8 Å². The molecule has 8 heteroatoms. The van der Waals surface area contributed by atoms with Crippen LogP contribution < -0.4 is 10.6 Å². The lowest BCUT2D eigenvalue weighted by molar-refractivity contribution is -0.116. The number of Topliss-reactive ketones (excluding diaryl/α,β-unsaturated/α-hetero) is 1. The average Bonchev–Trinajstić information content (AvgIpc) is 3.12. The first-order chi connectivity index (χ1) is 10.9. The largest absolute Gasteiger partial charge is 0.459 e. The molecule has 0 saturated heterocycles. The Hall–Kier alpha value is -2.90. The fraction of sp³-hybridized carbons (Fsp3) is 0.333. The normalized spacial score (nSPS) is 10.4. The van der Waals surface area contributed by atoms with Crippen molar-refractivity contribution < 1.29 is 18.8 Å². The summed E-state index contributed by atoms with van der Waals surface area (Å²) in [5.41, 5.74) is 1.45. The Bertz CT molecular complexity index is 731. The van der Waals surface area contributed by atoms with Crippen LogP contribution in [0.3, 0.4) is 0 Å². The Kier molecular flexibility index (Phi) is 4.95. The zero-order chi connectivity index (χ0) is 17.0. The van der Waals surface area contributed by atoms with E-state index in [4.69, 9.17) is 4.42 Å². The summed E-state index contributed by atoms with van der Waals surface area (Å²) in [5, 5.41) is 9.16. The first-order valence-electron chi connectivity index (χ1n) is 7.06. The molecule has 0 bridgehead atoms. The number of hydrogen-bond donors (Lipinski definition) is 2. The van der Waals surface area contributed by atoms with Crippen LogP contribution in [0.5, 0.6) is 0 Å². The Balaban J connectivity index is 1.83. The van der Waals surface area contributed by atoms with Crippen LogP contribution in [-0.2, 0) is 11.8 Å². The molecule has 0 spiro atoms. The van der Waals surface area contributed by atoms with E-state index < -0.39 is 11.7 Å². The molecule has 2 heterocycles. The number of ketones is 1. The zero-order valence-corrected chi connectivity index (χ0v) is 13.2. The van der Waals surface area contributed by atoms with Gasteiger partial charge in [0.05, 0.1) is 17.5 Å². The van der Waals surface area contributed by atoms with Crippen LogP contribution in [0.2, 0.25) is 0 Å². The van der Waals surface area contributed by atoms with Crippen LogP contribution in [0.1, 0.15) is 32.3 Å². The minimum absolute atomic E-state index is 0.134. The Labute approximate surface area is 132 Å². The number of carbonyl (C=O) groups is 3. The van der Waals surface area contributed by atoms with Crippen molar-refractivity contribution in [3.8, 4) is 0 Å². The quantitative estimate of drug-likeness (QED) is 0.454. The Morgan fingerprint density at radius 1 is 1.22 bits per heavy atom. The van der Waals surface area contributed by atoms with Crippen LogP contribution in [0, 0.1) is 13.8 Å².